The molecule has 1 unspecified atom stereocenters. The normalized spacial score (nSPS) is 16.5. The molecule has 0 aliphatic carbocycles. The Kier molecular flexibility index (Phi) is 4.03. The van der Waals surface area contributed by atoms with Gasteiger partial charge in [-0.1, -0.05) is 28.1 Å². The number of halogens is 1. The maximum Gasteiger partial charge on any atom is 0.259 e. The number of benzene rings is 2. The van der Waals surface area contributed by atoms with Crippen LogP contribution in [0.1, 0.15) is 28.4 Å². The summed E-state index contributed by atoms with van der Waals surface area (Å²) in [4.78, 5) is 14.7. The number of amides is 1. The maximum atomic E-state index is 12.8. The van der Waals surface area contributed by atoms with Gasteiger partial charge in [0.25, 0.3) is 5.91 Å². The smallest absolute Gasteiger partial charge is 0.259 e. The highest BCUT2D eigenvalue weighted by Gasteiger charge is 2.36. The van der Waals surface area contributed by atoms with Gasteiger partial charge < -0.3 is 9.64 Å². The topological polar surface area (TPSA) is 29.5 Å². The van der Waals surface area contributed by atoms with E-state index in [1.54, 1.807) is 7.11 Å². The van der Waals surface area contributed by atoms with E-state index in [1.165, 1.54) is 0 Å². The minimum Gasteiger partial charge on any atom is -0.497 e. The summed E-state index contributed by atoms with van der Waals surface area (Å²) in [6.07, 6.45) is 2.57. The Morgan fingerprint density at radius 1 is 1.27 bits per heavy atom. The quantitative estimate of drug-likeness (QED) is 0.739. The van der Waals surface area contributed by atoms with Gasteiger partial charge in [0.1, 0.15) is 5.75 Å². The summed E-state index contributed by atoms with van der Waals surface area (Å²) in [5.74, 6) is 0.796. The molecule has 2 aromatic rings. The van der Waals surface area contributed by atoms with Gasteiger partial charge in [-0.05, 0) is 48.4 Å². The number of anilines is 1. The van der Waals surface area contributed by atoms with Gasteiger partial charge in [-0.3, -0.25) is 4.79 Å². The monoisotopic (exact) mass is 357 g/mol. The van der Waals surface area contributed by atoms with Gasteiger partial charge in [0.05, 0.1) is 13.2 Å². The number of carbonyl (C=O) groups is 1. The van der Waals surface area contributed by atoms with Gasteiger partial charge in [-0.15, -0.1) is 6.58 Å². The minimum atomic E-state index is -0.0125. The fraction of sp³-hybridized carbons (Fsp3) is 0.167. The van der Waals surface area contributed by atoms with E-state index in [0.29, 0.717) is 6.42 Å². The molecule has 4 heteroatoms. The van der Waals surface area contributed by atoms with E-state index >= 15 is 0 Å². The molecular weight excluding hydrogens is 342 g/mol. The van der Waals surface area contributed by atoms with Gasteiger partial charge in [-0.25, -0.2) is 0 Å². The van der Waals surface area contributed by atoms with E-state index in [2.05, 4.69) is 22.5 Å². The lowest BCUT2D eigenvalue weighted by Gasteiger charge is -2.24. The molecule has 1 heterocycles. The van der Waals surface area contributed by atoms with Crippen molar-refractivity contribution in [3.8, 4) is 5.75 Å². The van der Waals surface area contributed by atoms with Crippen LogP contribution in [0.25, 0.3) is 0 Å². The van der Waals surface area contributed by atoms with E-state index in [4.69, 9.17) is 4.74 Å². The molecular formula is C18H16BrNO2. The average molecular weight is 358 g/mol. The largest absolute Gasteiger partial charge is 0.497 e. The molecule has 3 nitrogen and oxygen atoms in total. The molecule has 22 heavy (non-hydrogen) atoms. The van der Waals surface area contributed by atoms with Gasteiger partial charge in [0, 0.05) is 15.7 Å². The lowest BCUT2D eigenvalue weighted by molar-refractivity contribution is 0.0991. The molecule has 0 spiro atoms. The van der Waals surface area contributed by atoms with Crippen molar-refractivity contribution in [3.05, 3.63) is 70.7 Å². The third kappa shape index (κ3) is 2.44. The molecule has 0 saturated carbocycles. The van der Waals surface area contributed by atoms with E-state index < -0.39 is 0 Å². The molecule has 0 radical (unpaired) electrons. The molecule has 1 aliphatic heterocycles. The third-order valence-corrected chi connectivity index (χ3v) is 4.37. The lowest BCUT2D eigenvalue weighted by Crippen LogP contribution is -2.27. The molecule has 1 amide bonds. The number of methoxy groups -OCH3 is 1. The van der Waals surface area contributed by atoms with Gasteiger partial charge in [0.2, 0.25) is 0 Å². The molecule has 0 N–H and O–H groups in total. The Labute approximate surface area is 138 Å². The van der Waals surface area contributed by atoms with Crippen molar-refractivity contribution < 1.29 is 9.53 Å². The predicted molar refractivity (Wildman–Crippen MR) is 91.5 cm³/mol. The van der Waals surface area contributed by atoms with Crippen LogP contribution in [0, 0.1) is 0 Å². The predicted octanol–water partition coefficient (Wildman–Crippen LogP) is 4.74. The number of carbonyl (C=O) groups excluding carboxylic acids is 1. The third-order valence-electron chi connectivity index (χ3n) is 3.88. The van der Waals surface area contributed by atoms with Crippen molar-refractivity contribution in [1.29, 1.82) is 0 Å². The molecule has 0 fully saturated rings. The van der Waals surface area contributed by atoms with Crippen LogP contribution in [0.15, 0.2) is 59.6 Å². The summed E-state index contributed by atoms with van der Waals surface area (Å²) < 4.78 is 6.10. The molecule has 1 atom stereocenters. The lowest BCUT2D eigenvalue weighted by atomic mass is 10.0. The Bertz CT molecular complexity index is 724. The number of hydrogen-bond acceptors (Lipinski definition) is 2. The van der Waals surface area contributed by atoms with Crippen molar-refractivity contribution in [2.75, 3.05) is 12.0 Å². The number of ether oxygens (including phenoxy) is 1. The summed E-state index contributed by atoms with van der Waals surface area (Å²) >= 11 is 3.44. The van der Waals surface area contributed by atoms with E-state index in [0.717, 1.165) is 27.0 Å². The second-order valence-corrected chi connectivity index (χ2v) is 6.06. The van der Waals surface area contributed by atoms with Crippen LogP contribution in [0.2, 0.25) is 0 Å². The van der Waals surface area contributed by atoms with Gasteiger partial charge in [0.15, 0.2) is 0 Å². The van der Waals surface area contributed by atoms with Crippen molar-refractivity contribution in [3.63, 3.8) is 0 Å². The van der Waals surface area contributed by atoms with Crippen molar-refractivity contribution in [2.45, 2.75) is 12.5 Å². The zero-order chi connectivity index (χ0) is 15.7. The Hall–Kier alpha value is -2.07. The number of nitrogens with zero attached hydrogens (tertiary/aromatic N) is 1. The second kappa shape index (κ2) is 5.97. The molecule has 2 aromatic carbocycles. The summed E-state index contributed by atoms with van der Waals surface area (Å²) in [6, 6.07) is 13.4. The van der Waals surface area contributed by atoms with E-state index in [9.17, 15) is 4.79 Å². The first-order chi connectivity index (χ1) is 10.7. The molecule has 112 valence electrons. The van der Waals surface area contributed by atoms with Crippen molar-refractivity contribution in [2.24, 2.45) is 0 Å². The van der Waals surface area contributed by atoms with E-state index in [-0.39, 0.29) is 11.9 Å². The maximum absolute atomic E-state index is 12.8. The second-order valence-electron chi connectivity index (χ2n) is 5.14. The van der Waals surface area contributed by atoms with Crippen LogP contribution in [-0.2, 0) is 0 Å². The highest BCUT2D eigenvalue weighted by molar-refractivity contribution is 9.10. The van der Waals surface area contributed by atoms with Crippen molar-refractivity contribution >= 4 is 27.5 Å². The van der Waals surface area contributed by atoms with Crippen LogP contribution in [-0.4, -0.2) is 13.0 Å². The zero-order valence-electron chi connectivity index (χ0n) is 12.3. The first kappa shape index (κ1) is 14.9. The van der Waals surface area contributed by atoms with Crippen LogP contribution < -0.4 is 9.64 Å². The number of rotatable bonds is 4. The Morgan fingerprint density at radius 2 is 2.00 bits per heavy atom. The SMILES string of the molecule is C=CCC1c2ccc(Br)cc2C(=O)N1c1ccc(OC)cc1. The van der Waals surface area contributed by atoms with Crippen molar-refractivity contribution in [1.82, 2.24) is 0 Å². The van der Waals surface area contributed by atoms with Gasteiger partial charge in [-0.2, -0.15) is 0 Å². The fourth-order valence-electron chi connectivity index (χ4n) is 2.84. The molecule has 0 saturated heterocycles. The molecule has 3 rings (SSSR count). The summed E-state index contributed by atoms with van der Waals surface area (Å²) in [5, 5.41) is 0. The highest BCUT2D eigenvalue weighted by Crippen LogP contribution is 2.40. The Morgan fingerprint density at radius 3 is 2.64 bits per heavy atom. The zero-order valence-corrected chi connectivity index (χ0v) is 13.8. The number of hydrogen-bond donors (Lipinski definition) is 0. The van der Waals surface area contributed by atoms with Crippen LogP contribution in [0.3, 0.4) is 0 Å². The minimum absolute atomic E-state index is 0.0125. The standard InChI is InChI=1S/C18H16BrNO2/c1-3-4-17-15-10-5-12(19)11-16(15)18(21)20(17)13-6-8-14(22-2)9-7-13/h3,5-11,17H,1,4H2,2H3. The van der Waals surface area contributed by atoms with Crippen LogP contribution in [0.5, 0.6) is 5.75 Å². The first-order valence-electron chi connectivity index (χ1n) is 7.03. The highest BCUT2D eigenvalue weighted by atomic mass is 79.9. The molecule has 0 bridgehead atoms. The summed E-state index contributed by atoms with van der Waals surface area (Å²) in [5.41, 5.74) is 2.66. The summed E-state index contributed by atoms with van der Waals surface area (Å²) in [6.45, 7) is 3.83. The Balaban J connectivity index is 2.06. The first-order valence-corrected chi connectivity index (χ1v) is 7.83. The molecule has 1 aliphatic rings. The molecule has 0 aromatic heterocycles. The van der Waals surface area contributed by atoms with Crippen LogP contribution in [0.4, 0.5) is 5.69 Å². The van der Waals surface area contributed by atoms with E-state index in [1.807, 2.05) is 53.4 Å². The van der Waals surface area contributed by atoms with Gasteiger partial charge >= 0.3 is 0 Å². The fourth-order valence-corrected chi connectivity index (χ4v) is 3.21. The average Bonchev–Trinajstić information content (AvgIpc) is 2.80. The number of fused-ring (bicyclic) bond motifs is 1. The summed E-state index contributed by atoms with van der Waals surface area (Å²) in [7, 11) is 1.63. The van der Waals surface area contributed by atoms with Crippen LogP contribution >= 0.6 is 15.9 Å².